The normalized spacial score (nSPS) is 10.5. The zero-order valence-corrected chi connectivity index (χ0v) is 9.23. The minimum Gasteiger partial charge on any atom is -0.396 e. The Kier molecular flexibility index (Phi) is 6.88. The lowest BCUT2D eigenvalue weighted by Crippen LogP contribution is -2.06. The molecule has 1 aromatic carbocycles. The van der Waals surface area contributed by atoms with Crippen molar-refractivity contribution in [2.45, 2.75) is 32.2 Å². The van der Waals surface area contributed by atoms with Crippen LogP contribution in [0, 0.1) is 0 Å². The Morgan fingerprint density at radius 3 is 2.40 bits per heavy atom. The average Bonchev–Trinajstić information content (AvgIpc) is 2.29. The van der Waals surface area contributed by atoms with Crippen LogP contribution in [0.2, 0.25) is 0 Å². The molecule has 0 bridgehead atoms. The highest BCUT2D eigenvalue weighted by atomic mass is 16.2. The summed E-state index contributed by atoms with van der Waals surface area (Å²) in [4.78, 5) is 0. The van der Waals surface area contributed by atoms with E-state index in [-0.39, 0.29) is 0 Å². The number of hydrogen-bond acceptors (Lipinski definition) is 1. The van der Waals surface area contributed by atoms with Gasteiger partial charge < -0.3 is 5.11 Å². The molecule has 0 heterocycles. The van der Waals surface area contributed by atoms with E-state index in [1.54, 1.807) is 0 Å². The fraction of sp³-hybridized carbons (Fsp3) is 0.538. The lowest BCUT2D eigenvalue weighted by atomic mass is 10.2. The molecule has 83 valence electrons. The predicted molar refractivity (Wildman–Crippen MR) is 62.7 cm³/mol. The van der Waals surface area contributed by atoms with Crippen molar-refractivity contribution < 1.29 is 5.11 Å². The summed E-state index contributed by atoms with van der Waals surface area (Å²) in [6.07, 6.45) is 4.38. The van der Waals surface area contributed by atoms with Gasteiger partial charge in [-0.25, -0.2) is 5.32 Å². The van der Waals surface area contributed by atoms with Gasteiger partial charge in [-0.3, -0.25) is 0 Å². The van der Waals surface area contributed by atoms with Crippen molar-refractivity contribution in [3.63, 3.8) is 0 Å². The lowest BCUT2D eigenvalue weighted by molar-refractivity contribution is 0.282. The first-order valence-electron chi connectivity index (χ1n) is 5.71. The molecule has 0 atom stereocenters. The van der Waals surface area contributed by atoms with E-state index in [4.69, 9.17) is 5.11 Å². The first-order valence-corrected chi connectivity index (χ1v) is 5.71. The molecule has 15 heavy (non-hydrogen) atoms. The SMILES string of the molecule is OCCCCCC[N]Cc1ccccc1. The van der Waals surface area contributed by atoms with Gasteiger partial charge in [0.05, 0.1) is 0 Å². The minimum atomic E-state index is 0.321. The Morgan fingerprint density at radius 1 is 0.933 bits per heavy atom. The Morgan fingerprint density at radius 2 is 1.67 bits per heavy atom. The van der Waals surface area contributed by atoms with Crippen molar-refractivity contribution >= 4 is 0 Å². The van der Waals surface area contributed by atoms with Crippen molar-refractivity contribution in [2.75, 3.05) is 13.2 Å². The number of nitrogens with zero attached hydrogens (tertiary/aromatic N) is 1. The molecule has 0 aliphatic rings. The smallest absolute Gasteiger partial charge is 0.0431 e. The van der Waals surface area contributed by atoms with Gasteiger partial charge in [-0.15, -0.1) is 0 Å². The summed E-state index contributed by atoms with van der Waals surface area (Å²) >= 11 is 0. The van der Waals surface area contributed by atoms with E-state index >= 15 is 0 Å². The summed E-state index contributed by atoms with van der Waals surface area (Å²) in [6, 6.07) is 10.3. The molecule has 1 radical (unpaired) electrons. The third-order valence-electron chi connectivity index (χ3n) is 2.36. The Balaban J connectivity index is 1.93. The highest BCUT2D eigenvalue weighted by Crippen LogP contribution is 2.00. The number of unbranched alkanes of at least 4 members (excludes halogenated alkanes) is 3. The molecule has 0 saturated heterocycles. The van der Waals surface area contributed by atoms with Crippen LogP contribution in [-0.2, 0) is 6.54 Å². The summed E-state index contributed by atoms with van der Waals surface area (Å²) in [5, 5.41) is 13.1. The maximum Gasteiger partial charge on any atom is 0.0431 e. The van der Waals surface area contributed by atoms with E-state index in [9.17, 15) is 0 Å². The number of aliphatic hydroxyl groups excluding tert-OH is 1. The van der Waals surface area contributed by atoms with E-state index in [1.165, 1.54) is 12.0 Å². The first-order chi connectivity index (χ1) is 7.43. The molecule has 1 aromatic rings. The second-order valence-electron chi connectivity index (χ2n) is 3.73. The van der Waals surface area contributed by atoms with Gasteiger partial charge in [0, 0.05) is 19.7 Å². The van der Waals surface area contributed by atoms with Crippen molar-refractivity contribution in [3.05, 3.63) is 35.9 Å². The van der Waals surface area contributed by atoms with Crippen molar-refractivity contribution in [1.82, 2.24) is 5.32 Å². The van der Waals surface area contributed by atoms with E-state index in [1.807, 2.05) is 18.2 Å². The molecule has 1 rings (SSSR count). The number of rotatable bonds is 8. The van der Waals surface area contributed by atoms with Gasteiger partial charge in [0.25, 0.3) is 0 Å². The minimum absolute atomic E-state index is 0.321. The van der Waals surface area contributed by atoms with E-state index < -0.39 is 0 Å². The molecule has 0 unspecified atom stereocenters. The monoisotopic (exact) mass is 206 g/mol. The zero-order chi connectivity index (χ0) is 10.8. The number of aliphatic hydroxyl groups is 1. The zero-order valence-electron chi connectivity index (χ0n) is 9.23. The maximum atomic E-state index is 8.59. The summed E-state index contributed by atoms with van der Waals surface area (Å²) in [7, 11) is 0. The molecule has 0 aliphatic carbocycles. The van der Waals surface area contributed by atoms with Crippen LogP contribution >= 0.6 is 0 Å². The van der Waals surface area contributed by atoms with Gasteiger partial charge in [-0.1, -0.05) is 43.2 Å². The van der Waals surface area contributed by atoms with Crippen molar-refractivity contribution in [1.29, 1.82) is 0 Å². The molecule has 0 aromatic heterocycles. The maximum absolute atomic E-state index is 8.59. The fourth-order valence-corrected chi connectivity index (χ4v) is 1.48. The molecular weight excluding hydrogens is 186 g/mol. The predicted octanol–water partition coefficient (Wildman–Crippen LogP) is 2.34. The molecule has 1 N–H and O–H groups in total. The standard InChI is InChI=1S/C13H20NO/c15-11-7-2-1-6-10-14-12-13-8-4-3-5-9-13/h3-5,8-9,15H,1-2,6-7,10-12H2. The van der Waals surface area contributed by atoms with Gasteiger partial charge in [0.2, 0.25) is 0 Å². The van der Waals surface area contributed by atoms with Gasteiger partial charge in [-0.2, -0.15) is 0 Å². The molecule has 0 amide bonds. The second-order valence-corrected chi connectivity index (χ2v) is 3.73. The number of hydrogen-bond donors (Lipinski definition) is 1. The van der Waals surface area contributed by atoms with Crippen LogP contribution in [0.1, 0.15) is 31.2 Å². The first kappa shape index (κ1) is 12.2. The van der Waals surface area contributed by atoms with Gasteiger partial charge in [0.1, 0.15) is 0 Å². The lowest BCUT2D eigenvalue weighted by Gasteiger charge is -2.02. The van der Waals surface area contributed by atoms with Crippen LogP contribution < -0.4 is 5.32 Å². The van der Waals surface area contributed by atoms with E-state index in [0.717, 1.165) is 32.4 Å². The summed E-state index contributed by atoms with van der Waals surface area (Å²) < 4.78 is 0. The molecule has 2 heteroatoms. The summed E-state index contributed by atoms with van der Waals surface area (Å²) in [5.41, 5.74) is 1.29. The summed E-state index contributed by atoms with van der Waals surface area (Å²) in [5.74, 6) is 0. The molecule has 2 nitrogen and oxygen atoms in total. The molecule has 0 aliphatic heterocycles. The van der Waals surface area contributed by atoms with E-state index in [2.05, 4.69) is 17.4 Å². The van der Waals surface area contributed by atoms with Crippen LogP contribution in [0.3, 0.4) is 0 Å². The van der Waals surface area contributed by atoms with E-state index in [0.29, 0.717) is 6.61 Å². The quantitative estimate of drug-likeness (QED) is 0.651. The summed E-state index contributed by atoms with van der Waals surface area (Å²) in [6.45, 7) is 2.10. The third kappa shape index (κ3) is 6.26. The third-order valence-corrected chi connectivity index (χ3v) is 2.36. The number of benzene rings is 1. The van der Waals surface area contributed by atoms with Crippen molar-refractivity contribution in [3.8, 4) is 0 Å². The highest BCUT2D eigenvalue weighted by molar-refractivity contribution is 5.14. The molecule has 0 fully saturated rings. The van der Waals surface area contributed by atoms with Crippen molar-refractivity contribution in [2.24, 2.45) is 0 Å². The van der Waals surface area contributed by atoms with Gasteiger partial charge in [0.15, 0.2) is 0 Å². The van der Waals surface area contributed by atoms with Gasteiger partial charge >= 0.3 is 0 Å². The van der Waals surface area contributed by atoms with Crippen LogP contribution in [0.15, 0.2) is 30.3 Å². The largest absolute Gasteiger partial charge is 0.396 e. The highest BCUT2D eigenvalue weighted by Gasteiger charge is 1.92. The van der Waals surface area contributed by atoms with Crippen LogP contribution in [0.25, 0.3) is 0 Å². The molecule has 0 spiro atoms. The Hall–Kier alpha value is -0.860. The van der Waals surface area contributed by atoms with Crippen LogP contribution in [0.5, 0.6) is 0 Å². The van der Waals surface area contributed by atoms with Crippen LogP contribution in [0.4, 0.5) is 0 Å². The van der Waals surface area contributed by atoms with Crippen LogP contribution in [-0.4, -0.2) is 18.3 Å². The fourth-order valence-electron chi connectivity index (χ4n) is 1.48. The Bertz CT molecular complexity index is 236. The molecule has 0 saturated carbocycles. The molecular formula is C13H20NO. The van der Waals surface area contributed by atoms with Gasteiger partial charge in [-0.05, 0) is 18.4 Å². The average molecular weight is 206 g/mol. The second kappa shape index (κ2) is 8.45. The topological polar surface area (TPSA) is 34.3 Å². The Labute approximate surface area is 92.3 Å².